The molecule has 0 saturated carbocycles. The van der Waals surface area contributed by atoms with Gasteiger partial charge in [0.15, 0.2) is 0 Å². The molecule has 2 nitrogen and oxygen atoms in total. The maximum Gasteiger partial charge on any atom is 0.247 e. The molecule has 0 amide bonds. The van der Waals surface area contributed by atoms with Crippen LogP contribution >= 0.6 is 0 Å². The molecule has 0 spiro atoms. The van der Waals surface area contributed by atoms with E-state index in [2.05, 4.69) is 103 Å². The molecule has 4 aliphatic carbocycles. The number of rotatable bonds is 2. The number of nitrogens with zero attached hydrogens (tertiary/aromatic N) is 2. The smallest absolute Gasteiger partial charge is 0.247 e. The summed E-state index contributed by atoms with van der Waals surface area (Å²) >= 11 is 0. The molecule has 0 N–H and O–H groups in total. The topological polar surface area (TPSA) is 6.48 Å². The lowest BCUT2D eigenvalue weighted by Crippen LogP contribution is -2.54. The van der Waals surface area contributed by atoms with Crippen LogP contribution in [0, 0.1) is 11.8 Å². The monoisotopic (exact) mass is 546 g/mol. The Bertz CT molecular complexity index is 1750. The number of hydrogen-bond acceptors (Lipinski definition) is 2. The maximum absolute atomic E-state index is 2.89. The van der Waals surface area contributed by atoms with E-state index in [-0.39, 0.29) is 5.41 Å². The maximum atomic E-state index is 2.89. The second-order valence-electron chi connectivity index (χ2n) is 14.5. The first-order valence-electron chi connectivity index (χ1n) is 16.7. The van der Waals surface area contributed by atoms with Crippen LogP contribution in [-0.2, 0) is 5.41 Å². The van der Waals surface area contributed by atoms with Crippen LogP contribution in [0.3, 0.4) is 0 Å². The van der Waals surface area contributed by atoms with Gasteiger partial charge in [0.2, 0.25) is 6.71 Å². The molecule has 208 valence electrons. The standard InChI is InChI=1S/C39H39BN2/c1-39(2,24-12-4-3-5-13-24)25-22-34-36-35(23-25)42-33-21-9-7-15-27(33)29-17-11-19-31(38(29)42)40(36)30-18-10-16-28-26-14-6-8-20-32(26)41(34)37(28)30/h3-5,8,11-13,15-17,19-20,22,25-26,32-33H,6-7,9-10,14,18,21,23H2,1-2H3. The minimum absolute atomic E-state index is 0.0362. The summed E-state index contributed by atoms with van der Waals surface area (Å²) in [6, 6.07) is 19.6. The molecule has 0 aromatic heterocycles. The zero-order valence-electron chi connectivity index (χ0n) is 24.9. The van der Waals surface area contributed by atoms with Gasteiger partial charge in [-0.1, -0.05) is 98.2 Å². The molecule has 4 atom stereocenters. The van der Waals surface area contributed by atoms with Gasteiger partial charge in [0.1, 0.15) is 0 Å². The number of para-hydroxylation sites is 1. The predicted molar refractivity (Wildman–Crippen MR) is 174 cm³/mol. The molecule has 42 heavy (non-hydrogen) atoms. The van der Waals surface area contributed by atoms with Gasteiger partial charge in [0.05, 0.1) is 12.1 Å². The zero-order chi connectivity index (χ0) is 27.7. The van der Waals surface area contributed by atoms with E-state index in [1.165, 1.54) is 56.1 Å². The number of anilines is 1. The molecule has 4 heterocycles. The highest BCUT2D eigenvalue weighted by atomic mass is 15.3. The number of hydrogen-bond donors (Lipinski definition) is 0. The molecule has 1 fully saturated rings. The fraction of sp³-hybridized carbons (Fsp3) is 0.385. The van der Waals surface area contributed by atoms with Gasteiger partial charge in [0, 0.05) is 34.3 Å². The van der Waals surface area contributed by atoms with Gasteiger partial charge in [-0.25, -0.2) is 0 Å². The van der Waals surface area contributed by atoms with Crippen molar-refractivity contribution in [2.75, 3.05) is 4.90 Å². The van der Waals surface area contributed by atoms with Crippen LogP contribution in [0.25, 0.3) is 5.57 Å². The van der Waals surface area contributed by atoms with Crippen molar-refractivity contribution in [1.29, 1.82) is 0 Å². The van der Waals surface area contributed by atoms with E-state index in [1.807, 2.05) is 0 Å². The molecule has 4 unspecified atom stereocenters. The van der Waals surface area contributed by atoms with E-state index in [9.17, 15) is 0 Å². The minimum Gasteiger partial charge on any atom is -0.338 e. The number of fused-ring (bicyclic) bond motifs is 10. The summed E-state index contributed by atoms with van der Waals surface area (Å²) < 4.78 is 0. The second kappa shape index (κ2) is 8.34. The largest absolute Gasteiger partial charge is 0.338 e. The Morgan fingerprint density at radius 2 is 1.76 bits per heavy atom. The third kappa shape index (κ3) is 2.88. The summed E-state index contributed by atoms with van der Waals surface area (Å²) in [5, 5.41) is 0. The van der Waals surface area contributed by atoms with E-state index in [0.717, 1.165) is 6.42 Å². The quantitative estimate of drug-likeness (QED) is 0.278. The van der Waals surface area contributed by atoms with Gasteiger partial charge >= 0.3 is 0 Å². The van der Waals surface area contributed by atoms with Gasteiger partial charge in [-0.05, 0) is 90.3 Å². The summed E-state index contributed by atoms with van der Waals surface area (Å²) in [7, 11) is 0. The first-order chi connectivity index (χ1) is 20.6. The molecule has 2 aromatic carbocycles. The fourth-order valence-electron chi connectivity index (χ4n) is 10.4. The minimum atomic E-state index is 0.0362. The van der Waals surface area contributed by atoms with Crippen LogP contribution in [0.5, 0.6) is 0 Å². The highest BCUT2D eigenvalue weighted by Gasteiger charge is 2.56. The van der Waals surface area contributed by atoms with Crippen molar-refractivity contribution in [2.24, 2.45) is 11.8 Å². The number of benzene rings is 2. The Morgan fingerprint density at radius 1 is 0.881 bits per heavy atom. The Kier molecular flexibility index (Phi) is 4.77. The van der Waals surface area contributed by atoms with E-state index in [1.54, 1.807) is 50.3 Å². The first-order valence-corrected chi connectivity index (χ1v) is 16.7. The van der Waals surface area contributed by atoms with Crippen LogP contribution in [0.1, 0.15) is 76.3 Å². The van der Waals surface area contributed by atoms with Crippen molar-refractivity contribution in [3.63, 3.8) is 0 Å². The van der Waals surface area contributed by atoms with Crippen LogP contribution in [0.4, 0.5) is 5.69 Å². The van der Waals surface area contributed by atoms with Crippen molar-refractivity contribution in [1.82, 2.24) is 4.90 Å². The van der Waals surface area contributed by atoms with Crippen molar-refractivity contribution in [3.8, 4) is 0 Å². The first kappa shape index (κ1) is 24.0. The second-order valence-corrected chi connectivity index (χ2v) is 14.5. The van der Waals surface area contributed by atoms with Crippen LogP contribution in [0.2, 0.25) is 0 Å². The average molecular weight is 547 g/mol. The summed E-state index contributed by atoms with van der Waals surface area (Å²) in [4.78, 5) is 5.75. The lowest BCUT2D eigenvalue weighted by molar-refractivity contribution is 0.322. The molecular formula is C39H39BN2. The van der Waals surface area contributed by atoms with Crippen molar-refractivity contribution >= 4 is 23.4 Å². The van der Waals surface area contributed by atoms with Crippen molar-refractivity contribution < 1.29 is 0 Å². The van der Waals surface area contributed by atoms with Gasteiger partial charge in [0.25, 0.3) is 0 Å². The predicted octanol–water partition coefficient (Wildman–Crippen LogP) is 8.01. The fourth-order valence-corrected chi connectivity index (χ4v) is 10.4. The Labute approximate surface area is 251 Å². The molecular weight excluding hydrogens is 507 g/mol. The molecule has 10 rings (SSSR count). The van der Waals surface area contributed by atoms with E-state index < -0.39 is 0 Å². The van der Waals surface area contributed by atoms with Gasteiger partial charge in [-0.3, -0.25) is 0 Å². The Morgan fingerprint density at radius 3 is 2.67 bits per heavy atom. The third-order valence-corrected chi connectivity index (χ3v) is 12.3. The molecule has 8 aliphatic rings. The van der Waals surface area contributed by atoms with Gasteiger partial charge in [-0.2, -0.15) is 0 Å². The third-order valence-electron chi connectivity index (χ3n) is 12.3. The SMILES string of the molecule is CC(C)(c1ccccc1)C1C=C2C3=C(C1)N1c4c(cccc4C4=CCCCC41)B3C1=C3C(=CCC1)C1CCC=CC1N23. The molecule has 4 aliphatic heterocycles. The van der Waals surface area contributed by atoms with Crippen molar-refractivity contribution in [3.05, 3.63) is 124 Å². The normalized spacial score (nSPS) is 29.9. The molecule has 1 saturated heterocycles. The Balaban J connectivity index is 1.27. The summed E-state index contributed by atoms with van der Waals surface area (Å²) in [6.45, 7) is 5.40. The van der Waals surface area contributed by atoms with E-state index >= 15 is 0 Å². The van der Waals surface area contributed by atoms with E-state index in [0.29, 0.717) is 30.6 Å². The lowest BCUT2D eigenvalue weighted by atomic mass is 9.30. The summed E-state index contributed by atoms with van der Waals surface area (Å²) in [5.74, 6) is 1.07. The van der Waals surface area contributed by atoms with Crippen molar-refractivity contribution in [2.45, 2.75) is 82.7 Å². The van der Waals surface area contributed by atoms with Gasteiger partial charge in [-0.15, -0.1) is 0 Å². The lowest BCUT2D eigenvalue weighted by Gasteiger charge is -2.51. The van der Waals surface area contributed by atoms with Crippen LogP contribution in [0.15, 0.2) is 113 Å². The van der Waals surface area contributed by atoms with Crippen LogP contribution in [-0.4, -0.2) is 23.7 Å². The molecule has 2 aromatic rings. The molecule has 0 radical (unpaired) electrons. The number of allylic oxidation sites excluding steroid dienone is 8. The molecule has 3 heteroatoms. The van der Waals surface area contributed by atoms with Crippen LogP contribution < -0.4 is 10.4 Å². The summed E-state index contributed by atoms with van der Waals surface area (Å²) in [5.41, 5.74) is 17.6. The summed E-state index contributed by atoms with van der Waals surface area (Å²) in [6.07, 6.45) is 22.8. The van der Waals surface area contributed by atoms with E-state index in [4.69, 9.17) is 0 Å². The highest BCUT2D eigenvalue weighted by Crippen LogP contribution is 2.60. The molecule has 0 bridgehead atoms. The van der Waals surface area contributed by atoms with Gasteiger partial charge < -0.3 is 9.80 Å². The Hall–Kier alpha value is -3.46. The zero-order valence-corrected chi connectivity index (χ0v) is 24.9. The average Bonchev–Trinajstić information content (AvgIpc) is 3.56. The highest BCUT2D eigenvalue weighted by molar-refractivity contribution is 6.89.